The normalized spacial score (nSPS) is 14.9. The number of nitrogens with zero attached hydrogens (tertiary/aromatic N) is 4. The zero-order chi connectivity index (χ0) is 32.7. The van der Waals surface area contributed by atoms with Gasteiger partial charge in [0.15, 0.2) is 11.5 Å². The summed E-state index contributed by atoms with van der Waals surface area (Å²) in [4.78, 5) is 25.5. The maximum Gasteiger partial charge on any atom is 0.404 e. The van der Waals surface area contributed by atoms with Crippen molar-refractivity contribution in [1.82, 2.24) is 20.2 Å². The summed E-state index contributed by atoms with van der Waals surface area (Å²) in [7, 11) is 9.07. The number of likely N-dealkylation sites (tertiary alicyclic amines) is 1. The molecule has 4 rings (SSSR count). The van der Waals surface area contributed by atoms with Crippen LogP contribution >= 0.6 is 0 Å². The monoisotopic (exact) mass is 623 g/mol. The van der Waals surface area contributed by atoms with E-state index in [4.69, 9.17) is 29.3 Å². The number of amides is 1. The van der Waals surface area contributed by atoms with E-state index in [2.05, 4.69) is 66.7 Å². The van der Waals surface area contributed by atoms with Crippen LogP contribution in [0.15, 0.2) is 30.3 Å². The zero-order valence-corrected chi connectivity index (χ0v) is 27.9. The molecule has 2 heterocycles. The molecule has 0 bridgehead atoms. The Morgan fingerprint density at radius 1 is 1.04 bits per heavy atom. The zero-order valence-electron chi connectivity index (χ0n) is 27.9. The summed E-state index contributed by atoms with van der Waals surface area (Å²) in [5, 5.41) is 19.6. The molecule has 1 aliphatic rings. The molecule has 1 unspecified atom stereocenters. The van der Waals surface area contributed by atoms with Crippen molar-refractivity contribution < 1.29 is 24.1 Å². The lowest BCUT2D eigenvalue weighted by atomic mass is 9.85. The number of hydrogen-bond donors (Lipinski definition) is 4. The third-order valence-corrected chi connectivity index (χ3v) is 8.38. The minimum Gasteiger partial charge on any atom is -0.496 e. The van der Waals surface area contributed by atoms with Crippen LogP contribution < -0.4 is 35.1 Å². The number of aromatic nitrogens is 2. The van der Waals surface area contributed by atoms with Gasteiger partial charge in [-0.3, -0.25) is 4.90 Å². The molecule has 246 valence electrons. The molecule has 1 aromatic heterocycles. The van der Waals surface area contributed by atoms with Gasteiger partial charge in [-0.15, -0.1) is 0 Å². The number of ether oxygens (including phenoxy) is 3. The minimum atomic E-state index is -1.04. The third kappa shape index (κ3) is 8.50. The Hall–Kier alpha value is -4.19. The summed E-state index contributed by atoms with van der Waals surface area (Å²) in [6.45, 7) is 9.32. The molecule has 0 aliphatic carbocycles. The number of rotatable bonds is 13. The Bertz CT molecular complexity index is 1450. The number of carbonyl (C=O) groups is 1. The molecule has 0 saturated carbocycles. The maximum atomic E-state index is 11.1. The first-order valence-corrected chi connectivity index (χ1v) is 15.4. The Balaban J connectivity index is 1.57. The highest BCUT2D eigenvalue weighted by molar-refractivity contribution is 5.93. The lowest BCUT2D eigenvalue weighted by Crippen LogP contribution is -2.39. The van der Waals surface area contributed by atoms with Crippen molar-refractivity contribution in [3.05, 3.63) is 35.9 Å². The van der Waals surface area contributed by atoms with Gasteiger partial charge >= 0.3 is 6.09 Å². The van der Waals surface area contributed by atoms with Crippen LogP contribution in [0.4, 0.5) is 22.2 Å². The van der Waals surface area contributed by atoms with Gasteiger partial charge in [-0.25, -0.2) is 9.78 Å². The third-order valence-electron chi connectivity index (χ3n) is 8.38. The van der Waals surface area contributed by atoms with Gasteiger partial charge in [-0.1, -0.05) is 26.8 Å². The van der Waals surface area contributed by atoms with Crippen LogP contribution in [-0.2, 0) is 6.54 Å². The predicted octanol–water partition coefficient (Wildman–Crippen LogP) is 5.28. The van der Waals surface area contributed by atoms with Crippen LogP contribution in [0.3, 0.4) is 0 Å². The van der Waals surface area contributed by atoms with Gasteiger partial charge in [-0.2, -0.15) is 4.98 Å². The van der Waals surface area contributed by atoms with Gasteiger partial charge in [0.05, 0.1) is 26.8 Å². The smallest absolute Gasteiger partial charge is 0.404 e. The van der Waals surface area contributed by atoms with E-state index < -0.39 is 6.09 Å². The second kappa shape index (κ2) is 14.7. The average molecular weight is 624 g/mol. The first kappa shape index (κ1) is 33.7. The van der Waals surface area contributed by atoms with Crippen LogP contribution in [-0.4, -0.2) is 93.2 Å². The standard InChI is InChI=1S/C33H49N7O5/c1-33(2,3)29(12-15-34-32(41)42)37-31-36-24-19-28(45-8)27(44-7)18-22(24)30(38-31)35-21-13-16-40(17-14-21)20-23-25(39(4)5)10-9-11-26(23)43-6/h9-11,18-19,21,29,34H,12-17,20H2,1-8H3,(H,41,42)(H2,35,36,37,38). The van der Waals surface area contributed by atoms with Gasteiger partial charge in [-0.05, 0) is 42.9 Å². The summed E-state index contributed by atoms with van der Waals surface area (Å²) in [5.41, 5.74) is 2.90. The van der Waals surface area contributed by atoms with E-state index in [1.807, 2.05) is 24.3 Å². The lowest BCUT2D eigenvalue weighted by Gasteiger charge is -2.34. The molecule has 2 aromatic carbocycles. The van der Waals surface area contributed by atoms with Crippen molar-refractivity contribution in [2.75, 3.05) is 70.6 Å². The lowest BCUT2D eigenvalue weighted by molar-refractivity contribution is 0.193. The highest BCUT2D eigenvalue weighted by atomic mass is 16.5. The summed E-state index contributed by atoms with van der Waals surface area (Å²) in [6, 6.07) is 10.1. The molecule has 3 aromatic rings. The van der Waals surface area contributed by atoms with E-state index in [1.54, 1.807) is 21.3 Å². The van der Waals surface area contributed by atoms with Crippen molar-refractivity contribution in [3.8, 4) is 17.2 Å². The fourth-order valence-electron chi connectivity index (χ4n) is 5.81. The molecule has 4 N–H and O–H groups in total. The van der Waals surface area contributed by atoms with Gasteiger partial charge in [0.1, 0.15) is 11.6 Å². The number of fused-ring (bicyclic) bond motifs is 1. The van der Waals surface area contributed by atoms with Gasteiger partial charge < -0.3 is 40.2 Å². The second-order valence-corrected chi connectivity index (χ2v) is 12.8. The molecule has 1 fully saturated rings. The molecule has 45 heavy (non-hydrogen) atoms. The fourth-order valence-corrected chi connectivity index (χ4v) is 5.81. The summed E-state index contributed by atoms with van der Waals surface area (Å²) >= 11 is 0. The Morgan fingerprint density at radius 2 is 1.71 bits per heavy atom. The number of methoxy groups -OCH3 is 3. The highest BCUT2D eigenvalue weighted by Gasteiger charge is 2.27. The largest absolute Gasteiger partial charge is 0.496 e. The molecular formula is C33H49N7O5. The van der Waals surface area contributed by atoms with E-state index in [0.717, 1.165) is 49.4 Å². The molecule has 0 radical (unpaired) electrons. The van der Waals surface area contributed by atoms with E-state index in [0.29, 0.717) is 35.9 Å². The summed E-state index contributed by atoms with van der Waals surface area (Å²) in [6.07, 6.45) is 1.43. The fraction of sp³-hybridized carbons (Fsp3) is 0.545. The second-order valence-electron chi connectivity index (χ2n) is 12.8. The van der Waals surface area contributed by atoms with Crippen molar-refractivity contribution in [1.29, 1.82) is 0 Å². The molecule has 1 atom stereocenters. The molecule has 1 aliphatic heterocycles. The van der Waals surface area contributed by atoms with E-state index in [9.17, 15) is 4.79 Å². The van der Waals surface area contributed by atoms with Gasteiger partial charge in [0, 0.05) is 75.1 Å². The van der Waals surface area contributed by atoms with Crippen molar-refractivity contribution in [2.24, 2.45) is 5.41 Å². The molecule has 12 heteroatoms. The van der Waals surface area contributed by atoms with Crippen molar-refractivity contribution in [3.63, 3.8) is 0 Å². The Kier molecular flexibility index (Phi) is 11.0. The Labute approximate surface area is 266 Å². The van der Waals surface area contributed by atoms with Crippen LogP contribution in [0.5, 0.6) is 17.2 Å². The molecule has 0 spiro atoms. The number of carboxylic acid groups (broad SMARTS) is 1. The number of piperidine rings is 1. The van der Waals surface area contributed by atoms with Crippen molar-refractivity contribution >= 4 is 34.4 Å². The maximum absolute atomic E-state index is 11.1. The Morgan fingerprint density at radius 3 is 2.31 bits per heavy atom. The first-order valence-electron chi connectivity index (χ1n) is 15.4. The van der Waals surface area contributed by atoms with Crippen LogP contribution in [0.25, 0.3) is 10.9 Å². The number of benzene rings is 2. The van der Waals surface area contributed by atoms with Gasteiger partial charge in [0.25, 0.3) is 0 Å². The van der Waals surface area contributed by atoms with E-state index >= 15 is 0 Å². The van der Waals surface area contributed by atoms with E-state index in [-0.39, 0.29) is 17.5 Å². The molecule has 1 saturated heterocycles. The highest BCUT2D eigenvalue weighted by Crippen LogP contribution is 2.36. The molecule has 12 nitrogen and oxygen atoms in total. The van der Waals surface area contributed by atoms with Gasteiger partial charge in [0.2, 0.25) is 5.95 Å². The quantitative estimate of drug-likeness (QED) is 0.198. The molecule has 1 amide bonds. The summed E-state index contributed by atoms with van der Waals surface area (Å²) < 4.78 is 16.9. The SMILES string of the molecule is COc1cc2nc(NC(CCNC(=O)O)C(C)(C)C)nc(NC3CCN(Cc4c(OC)cccc4N(C)C)CC3)c2cc1OC. The van der Waals surface area contributed by atoms with E-state index in [1.165, 1.54) is 11.3 Å². The predicted molar refractivity (Wildman–Crippen MR) is 179 cm³/mol. The van der Waals surface area contributed by atoms with Crippen LogP contribution in [0.2, 0.25) is 0 Å². The minimum absolute atomic E-state index is 0.0833. The summed E-state index contributed by atoms with van der Waals surface area (Å²) in [5.74, 6) is 3.29. The number of hydrogen-bond acceptors (Lipinski definition) is 10. The van der Waals surface area contributed by atoms with Crippen LogP contribution in [0.1, 0.15) is 45.6 Å². The number of nitrogens with one attached hydrogen (secondary N) is 3. The molecular weight excluding hydrogens is 574 g/mol. The van der Waals surface area contributed by atoms with Crippen LogP contribution in [0, 0.1) is 5.41 Å². The first-order chi connectivity index (χ1) is 21.4. The van der Waals surface area contributed by atoms with Crippen molar-refractivity contribution in [2.45, 2.75) is 58.7 Å². The average Bonchev–Trinajstić information content (AvgIpc) is 3.00. The number of anilines is 3. The topological polar surface area (TPSA) is 133 Å².